The van der Waals surface area contributed by atoms with Gasteiger partial charge in [-0.25, -0.2) is 0 Å². The molecule has 109 valence electrons. The van der Waals surface area contributed by atoms with Crippen molar-refractivity contribution < 1.29 is 0 Å². The molecular formula is C24H13. The summed E-state index contributed by atoms with van der Waals surface area (Å²) in [6.45, 7) is 0. The molecule has 0 aliphatic rings. The molecule has 6 rings (SSSR count). The molecule has 0 nitrogen and oxygen atoms in total. The minimum absolute atomic E-state index is 1.19. The summed E-state index contributed by atoms with van der Waals surface area (Å²) in [7, 11) is 0. The number of fused-ring (bicyclic) bond motifs is 4. The molecule has 0 heteroatoms. The van der Waals surface area contributed by atoms with Gasteiger partial charge in [0, 0.05) is 0 Å². The zero-order chi connectivity index (χ0) is 15.7. The second-order valence-corrected chi connectivity index (χ2v) is 6.53. The van der Waals surface area contributed by atoms with E-state index < -0.39 is 0 Å². The molecule has 0 bridgehead atoms. The van der Waals surface area contributed by atoms with Gasteiger partial charge < -0.3 is 0 Å². The van der Waals surface area contributed by atoms with E-state index in [2.05, 4.69) is 78.9 Å². The van der Waals surface area contributed by atoms with Crippen molar-refractivity contribution in [2.45, 2.75) is 0 Å². The lowest BCUT2D eigenvalue weighted by Crippen LogP contribution is -1.87. The third-order valence-corrected chi connectivity index (χ3v) is 5.27. The van der Waals surface area contributed by atoms with Gasteiger partial charge in [0.25, 0.3) is 0 Å². The van der Waals surface area contributed by atoms with Crippen molar-refractivity contribution in [1.82, 2.24) is 0 Å². The summed E-state index contributed by atoms with van der Waals surface area (Å²) in [5.41, 5.74) is 0. The summed E-state index contributed by atoms with van der Waals surface area (Å²) >= 11 is 0. The Morgan fingerprint density at radius 3 is 2.08 bits per heavy atom. The van der Waals surface area contributed by atoms with Crippen LogP contribution in [-0.2, 0) is 0 Å². The van der Waals surface area contributed by atoms with E-state index in [0.717, 1.165) is 0 Å². The summed E-state index contributed by atoms with van der Waals surface area (Å²) in [6.07, 6.45) is 0. The highest BCUT2D eigenvalue weighted by Gasteiger charge is 2.12. The first-order valence-electron chi connectivity index (χ1n) is 8.30. The molecule has 0 aliphatic heterocycles. The zero-order valence-electron chi connectivity index (χ0n) is 13.0. The maximum absolute atomic E-state index is 3.38. The molecule has 0 N–H and O–H groups in total. The van der Waals surface area contributed by atoms with Crippen molar-refractivity contribution in [3.05, 3.63) is 84.9 Å². The Kier molecular flexibility index (Phi) is 2.18. The summed E-state index contributed by atoms with van der Waals surface area (Å²) in [4.78, 5) is 0. The zero-order valence-corrected chi connectivity index (χ0v) is 13.0. The third-order valence-electron chi connectivity index (χ3n) is 5.27. The highest BCUT2D eigenvalue weighted by Crippen LogP contribution is 2.40. The normalized spacial score (nSPS) is 12.2. The van der Waals surface area contributed by atoms with E-state index >= 15 is 0 Å². The first-order chi connectivity index (χ1) is 11.9. The fourth-order valence-electron chi connectivity index (χ4n) is 4.23. The topological polar surface area (TPSA) is 0 Å². The number of rotatable bonds is 0. The highest BCUT2D eigenvalue weighted by molar-refractivity contribution is 6.32. The van der Waals surface area contributed by atoms with Crippen molar-refractivity contribution in [2.75, 3.05) is 0 Å². The molecule has 0 spiro atoms. The Balaban J connectivity index is 2.00. The van der Waals surface area contributed by atoms with Gasteiger partial charge in [-0.1, -0.05) is 66.7 Å². The highest BCUT2D eigenvalue weighted by atomic mass is 14.2. The van der Waals surface area contributed by atoms with Gasteiger partial charge in [-0.15, -0.1) is 0 Å². The molecule has 0 saturated carbocycles. The van der Waals surface area contributed by atoms with Crippen molar-refractivity contribution in [1.29, 1.82) is 0 Å². The summed E-state index contributed by atoms with van der Waals surface area (Å²) < 4.78 is 0. The maximum atomic E-state index is 3.38. The van der Waals surface area contributed by atoms with Crippen LogP contribution in [0.3, 0.4) is 0 Å². The van der Waals surface area contributed by atoms with Crippen molar-refractivity contribution in [3.63, 3.8) is 0 Å². The van der Waals surface area contributed by atoms with E-state index in [-0.39, 0.29) is 0 Å². The summed E-state index contributed by atoms with van der Waals surface area (Å²) in [6, 6.07) is 32.0. The Morgan fingerprint density at radius 1 is 0.500 bits per heavy atom. The fourth-order valence-corrected chi connectivity index (χ4v) is 4.23. The molecule has 24 heavy (non-hydrogen) atoms. The lowest BCUT2D eigenvalue weighted by Gasteiger charge is -2.14. The molecule has 0 fully saturated rings. The first-order valence-corrected chi connectivity index (χ1v) is 8.30. The van der Waals surface area contributed by atoms with Gasteiger partial charge >= 0.3 is 0 Å². The molecule has 1 radical (unpaired) electrons. The van der Waals surface area contributed by atoms with E-state index in [4.69, 9.17) is 0 Å². The van der Waals surface area contributed by atoms with Crippen molar-refractivity contribution in [2.24, 2.45) is 0 Å². The number of benzene rings is 6. The van der Waals surface area contributed by atoms with Crippen molar-refractivity contribution >= 4 is 53.9 Å². The van der Waals surface area contributed by atoms with E-state index in [9.17, 15) is 0 Å². The van der Waals surface area contributed by atoms with Crippen molar-refractivity contribution in [3.8, 4) is 0 Å². The monoisotopic (exact) mass is 301 g/mol. The van der Waals surface area contributed by atoms with E-state index in [1.54, 1.807) is 0 Å². The summed E-state index contributed by atoms with van der Waals surface area (Å²) in [5.74, 6) is 0. The van der Waals surface area contributed by atoms with Crippen LogP contribution in [0.25, 0.3) is 53.9 Å². The number of hydrogen-bond acceptors (Lipinski definition) is 0. The molecule has 0 unspecified atom stereocenters. The van der Waals surface area contributed by atoms with E-state index in [0.29, 0.717) is 0 Å². The number of hydrogen-bond donors (Lipinski definition) is 0. The van der Waals surface area contributed by atoms with Crippen LogP contribution in [0.4, 0.5) is 0 Å². The smallest absolute Gasteiger partial charge is 0.00201 e. The quantitative estimate of drug-likeness (QED) is 0.216. The molecule has 0 heterocycles. The largest absolute Gasteiger partial charge is 0.0616 e. The van der Waals surface area contributed by atoms with Crippen LogP contribution in [0.2, 0.25) is 0 Å². The van der Waals surface area contributed by atoms with E-state index in [1.807, 2.05) is 6.07 Å². The second-order valence-electron chi connectivity index (χ2n) is 6.53. The van der Waals surface area contributed by atoms with Crippen LogP contribution in [0.15, 0.2) is 78.9 Å². The molecule has 0 atom stereocenters. The van der Waals surface area contributed by atoms with Gasteiger partial charge in [-0.05, 0) is 72.1 Å². The average molecular weight is 301 g/mol. The van der Waals surface area contributed by atoms with E-state index in [1.165, 1.54) is 53.9 Å². The van der Waals surface area contributed by atoms with Crippen LogP contribution < -0.4 is 0 Å². The molecule has 6 aromatic rings. The van der Waals surface area contributed by atoms with Crippen LogP contribution >= 0.6 is 0 Å². The Morgan fingerprint density at radius 2 is 1.21 bits per heavy atom. The molecule has 0 aliphatic carbocycles. The summed E-state index contributed by atoms with van der Waals surface area (Å²) in [5, 5.41) is 13.2. The lowest BCUT2D eigenvalue weighted by atomic mass is 9.89. The average Bonchev–Trinajstić information content (AvgIpc) is 2.65. The second kappa shape index (κ2) is 4.24. The minimum atomic E-state index is 1.19. The standard InChI is InChI=1S/C24H13/c1-3-7-19-15(5-1)13-17-9-12-22-20-8-4-2-6-16(20)14-18-10-11-21(19)23(17)24(18)22/h1-5,7-14H. The lowest BCUT2D eigenvalue weighted by molar-refractivity contribution is 1.78. The van der Waals surface area contributed by atoms with Crippen LogP contribution in [0.1, 0.15) is 0 Å². The predicted molar refractivity (Wildman–Crippen MR) is 104 cm³/mol. The Hall–Kier alpha value is -3.12. The van der Waals surface area contributed by atoms with Gasteiger partial charge in [0.1, 0.15) is 0 Å². The van der Waals surface area contributed by atoms with Gasteiger partial charge in [0.05, 0.1) is 0 Å². The van der Waals surface area contributed by atoms with Crippen LogP contribution in [0.5, 0.6) is 0 Å². The molecular weight excluding hydrogens is 288 g/mol. The molecule has 0 saturated heterocycles. The molecule has 6 aromatic carbocycles. The van der Waals surface area contributed by atoms with Gasteiger partial charge in [0.2, 0.25) is 0 Å². The van der Waals surface area contributed by atoms with Gasteiger partial charge in [-0.2, -0.15) is 0 Å². The maximum Gasteiger partial charge on any atom is -0.00201 e. The first kappa shape index (κ1) is 12.3. The minimum Gasteiger partial charge on any atom is -0.0616 e. The Bertz CT molecular complexity index is 1280. The predicted octanol–water partition coefficient (Wildman–Crippen LogP) is 6.69. The van der Waals surface area contributed by atoms with Crippen LogP contribution in [0, 0.1) is 6.07 Å². The Labute approximate surface area is 139 Å². The van der Waals surface area contributed by atoms with Crippen LogP contribution in [-0.4, -0.2) is 0 Å². The molecule has 0 aromatic heterocycles. The third kappa shape index (κ3) is 1.43. The molecule has 0 amide bonds. The van der Waals surface area contributed by atoms with Gasteiger partial charge in [0.15, 0.2) is 0 Å². The fraction of sp³-hybridized carbons (Fsp3) is 0. The SMILES string of the molecule is [c]1cccc2c1cc1ccc3c4ccccc4cc4ccc2c1c43. The van der Waals surface area contributed by atoms with Gasteiger partial charge in [-0.3, -0.25) is 0 Å².